The lowest BCUT2D eigenvalue weighted by Crippen LogP contribution is -1.99. The van der Waals surface area contributed by atoms with Crippen LogP contribution in [0.5, 0.6) is 0 Å². The first-order valence-corrected chi connectivity index (χ1v) is 6.07. The molecule has 0 saturated heterocycles. The SMILES string of the molecule is Nc1ccc(CCn2cnc3ccccc32)cc1. The molecule has 0 atom stereocenters. The van der Waals surface area contributed by atoms with Crippen molar-refractivity contribution in [2.45, 2.75) is 13.0 Å². The van der Waals surface area contributed by atoms with E-state index in [9.17, 15) is 0 Å². The molecule has 0 amide bonds. The average Bonchev–Trinajstić information content (AvgIpc) is 2.82. The summed E-state index contributed by atoms with van der Waals surface area (Å²) in [6.45, 7) is 0.935. The van der Waals surface area contributed by atoms with Gasteiger partial charge in [0.15, 0.2) is 0 Å². The van der Waals surface area contributed by atoms with E-state index in [-0.39, 0.29) is 0 Å². The van der Waals surface area contributed by atoms with Gasteiger partial charge in [0, 0.05) is 12.2 Å². The first kappa shape index (κ1) is 10.8. The van der Waals surface area contributed by atoms with Gasteiger partial charge in [0.1, 0.15) is 0 Å². The smallest absolute Gasteiger partial charge is 0.0958 e. The highest BCUT2D eigenvalue weighted by molar-refractivity contribution is 5.74. The van der Waals surface area contributed by atoms with E-state index in [2.05, 4.69) is 27.8 Å². The van der Waals surface area contributed by atoms with Crippen LogP contribution in [0.25, 0.3) is 11.0 Å². The van der Waals surface area contributed by atoms with Gasteiger partial charge in [-0.2, -0.15) is 0 Å². The molecular formula is C15H15N3. The average molecular weight is 237 g/mol. The summed E-state index contributed by atoms with van der Waals surface area (Å²) in [5, 5.41) is 0. The van der Waals surface area contributed by atoms with Crippen molar-refractivity contribution in [1.82, 2.24) is 9.55 Å². The molecule has 0 unspecified atom stereocenters. The van der Waals surface area contributed by atoms with Gasteiger partial charge in [-0.25, -0.2) is 4.98 Å². The van der Waals surface area contributed by atoms with Crippen molar-refractivity contribution in [3.05, 3.63) is 60.4 Å². The lowest BCUT2D eigenvalue weighted by atomic mass is 10.1. The van der Waals surface area contributed by atoms with E-state index in [1.54, 1.807) is 0 Å². The van der Waals surface area contributed by atoms with E-state index < -0.39 is 0 Å². The highest BCUT2D eigenvalue weighted by atomic mass is 15.0. The van der Waals surface area contributed by atoms with Gasteiger partial charge < -0.3 is 10.3 Å². The van der Waals surface area contributed by atoms with E-state index in [0.717, 1.165) is 24.2 Å². The molecular weight excluding hydrogens is 222 g/mol. The van der Waals surface area contributed by atoms with Crippen molar-refractivity contribution in [2.75, 3.05) is 5.73 Å². The highest BCUT2D eigenvalue weighted by Crippen LogP contribution is 2.13. The van der Waals surface area contributed by atoms with Crippen LogP contribution in [0, 0.1) is 0 Å². The number of aryl methyl sites for hydroxylation is 2. The summed E-state index contributed by atoms with van der Waals surface area (Å²) < 4.78 is 2.19. The van der Waals surface area contributed by atoms with E-state index in [1.165, 1.54) is 11.1 Å². The van der Waals surface area contributed by atoms with Gasteiger partial charge in [-0.3, -0.25) is 0 Å². The monoisotopic (exact) mass is 237 g/mol. The second-order valence-electron chi connectivity index (χ2n) is 4.42. The number of benzene rings is 2. The second-order valence-corrected chi connectivity index (χ2v) is 4.42. The molecule has 1 aromatic heterocycles. The first-order valence-electron chi connectivity index (χ1n) is 6.07. The zero-order valence-corrected chi connectivity index (χ0v) is 10.1. The number of nitrogens with zero attached hydrogens (tertiary/aromatic N) is 2. The summed E-state index contributed by atoms with van der Waals surface area (Å²) >= 11 is 0. The normalized spacial score (nSPS) is 10.9. The van der Waals surface area contributed by atoms with Crippen molar-refractivity contribution in [3.8, 4) is 0 Å². The number of rotatable bonds is 3. The number of nitrogens with two attached hydrogens (primary N) is 1. The zero-order valence-electron chi connectivity index (χ0n) is 10.1. The van der Waals surface area contributed by atoms with Crippen LogP contribution in [-0.4, -0.2) is 9.55 Å². The fourth-order valence-corrected chi connectivity index (χ4v) is 2.12. The summed E-state index contributed by atoms with van der Waals surface area (Å²) in [5.41, 5.74) is 10.0. The maximum atomic E-state index is 5.68. The largest absolute Gasteiger partial charge is 0.399 e. The number of hydrogen-bond donors (Lipinski definition) is 1. The summed E-state index contributed by atoms with van der Waals surface area (Å²) in [6.07, 6.45) is 2.89. The number of para-hydroxylation sites is 2. The molecule has 0 aliphatic heterocycles. The Balaban J connectivity index is 1.79. The maximum Gasteiger partial charge on any atom is 0.0958 e. The molecule has 0 spiro atoms. The van der Waals surface area contributed by atoms with Crippen LogP contribution < -0.4 is 5.73 Å². The van der Waals surface area contributed by atoms with Gasteiger partial charge in [0.2, 0.25) is 0 Å². The number of nitrogen functional groups attached to an aromatic ring is 1. The molecule has 3 rings (SSSR count). The quantitative estimate of drug-likeness (QED) is 0.712. The summed E-state index contributed by atoms with van der Waals surface area (Å²) in [4.78, 5) is 4.39. The molecule has 3 nitrogen and oxygen atoms in total. The molecule has 3 heteroatoms. The van der Waals surface area contributed by atoms with E-state index in [4.69, 9.17) is 5.73 Å². The van der Waals surface area contributed by atoms with E-state index >= 15 is 0 Å². The Kier molecular flexibility index (Phi) is 2.73. The second kappa shape index (κ2) is 4.53. The van der Waals surface area contributed by atoms with Crippen LogP contribution >= 0.6 is 0 Å². The Labute approximate surface area is 106 Å². The third-order valence-corrected chi connectivity index (χ3v) is 3.15. The van der Waals surface area contributed by atoms with Crippen molar-refractivity contribution in [1.29, 1.82) is 0 Å². The number of aromatic nitrogens is 2. The maximum absolute atomic E-state index is 5.68. The van der Waals surface area contributed by atoms with Gasteiger partial charge in [-0.05, 0) is 36.2 Å². The highest BCUT2D eigenvalue weighted by Gasteiger charge is 2.01. The van der Waals surface area contributed by atoms with Crippen molar-refractivity contribution in [2.24, 2.45) is 0 Å². The van der Waals surface area contributed by atoms with Crippen LogP contribution in [0.1, 0.15) is 5.56 Å². The Hall–Kier alpha value is -2.29. The number of anilines is 1. The molecule has 1 heterocycles. The van der Waals surface area contributed by atoms with Crippen LogP contribution in [0.2, 0.25) is 0 Å². The zero-order chi connectivity index (χ0) is 12.4. The lowest BCUT2D eigenvalue weighted by Gasteiger charge is -2.05. The molecule has 18 heavy (non-hydrogen) atoms. The molecule has 0 saturated carbocycles. The van der Waals surface area contributed by atoms with Crippen LogP contribution in [0.4, 0.5) is 5.69 Å². The summed E-state index contributed by atoms with van der Waals surface area (Å²) in [6, 6.07) is 16.2. The molecule has 0 bridgehead atoms. The van der Waals surface area contributed by atoms with Crippen LogP contribution in [0.15, 0.2) is 54.9 Å². The van der Waals surface area contributed by atoms with Crippen LogP contribution in [-0.2, 0) is 13.0 Å². The fraction of sp³-hybridized carbons (Fsp3) is 0.133. The van der Waals surface area contributed by atoms with Crippen molar-refractivity contribution >= 4 is 16.7 Å². The van der Waals surface area contributed by atoms with E-state index in [0.29, 0.717) is 0 Å². The van der Waals surface area contributed by atoms with Crippen LogP contribution in [0.3, 0.4) is 0 Å². The molecule has 0 fully saturated rings. The topological polar surface area (TPSA) is 43.8 Å². The Bertz CT molecular complexity index is 653. The Morgan fingerprint density at radius 3 is 2.61 bits per heavy atom. The fourth-order valence-electron chi connectivity index (χ4n) is 2.12. The van der Waals surface area contributed by atoms with Gasteiger partial charge in [0.05, 0.1) is 17.4 Å². The van der Waals surface area contributed by atoms with Crippen molar-refractivity contribution in [3.63, 3.8) is 0 Å². The van der Waals surface area contributed by atoms with Gasteiger partial charge >= 0.3 is 0 Å². The Morgan fingerprint density at radius 1 is 1.00 bits per heavy atom. The standard InChI is InChI=1S/C15H15N3/c16-13-7-5-12(6-8-13)9-10-18-11-17-14-3-1-2-4-15(14)18/h1-8,11H,9-10,16H2. The molecule has 0 aliphatic carbocycles. The third kappa shape index (κ3) is 2.07. The minimum Gasteiger partial charge on any atom is -0.399 e. The number of fused-ring (bicyclic) bond motifs is 1. The Morgan fingerprint density at radius 2 is 1.78 bits per heavy atom. The summed E-state index contributed by atoms with van der Waals surface area (Å²) in [7, 11) is 0. The first-order chi connectivity index (χ1) is 8.83. The lowest BCUT2D eigenvalue weighted by molar-refractivity contribution is 0.716. The third-order valence-electron chi connectivity index (χ3n) is 3.15. The van der Waals surface area contributed by atoms with Gasteiger partial charge in [-0.15, -0.1) is 0 Å². The van der Waals surface area contributed by atoms with Gasteiger partial charge in [-0.1, -0.05) is 24.3 Å². The molecule has 90 valence electrons. The molecule has 2 aromatic carbocycles. The molecule has 0 radical (unpaired) electrons. The number of imidazole rings is 1. The minimum atomic E-state index is 0.812. The minimum absolute atomic E-state index is 0.812. The summed E-state index contributed by atoms with van der Waals surface area (Å²) in [5.74, 6) is 0. The number of hydrogen-bond acceptors (Lipinski definition) is 2. The molecule has 3 aromatic rings. The van der Waals surface area contributed by atoms with Crippen molar-refractivity contribution < 1.29 is 0 Å². The molecule has 2 N–H and O–H groups in total. The predicted molar refractivity (Wildman–Crippen MR) is 74.3 cm³/mol. The predicted octanol–water partition coefficient (Wildman–Crippen LogP) is 2.86. The van der Waals surface area contributed by atoms with Gasteiger partial charge in [0.25, 0.3) is 0 Å². The molecule has 0 aliphatic rings. The van der Waals surface area contributed by atoms with E-state index in [1.807, 2.05) is 36.7 Å².